The summed E-state index contributed by atoms with van der Waals surface area (Å²) in [7, 11) is 0. The molecule has 3 aromatic rings. The van der Waals surface area contributed by atoms with Gasteiger partial charge < -0.3 is 20.9 Å². The summed E-state index contributed by atoms with van der Waals surface area (Å²) in [4.78, 5) is 25.1. The van der Waals surface area contributed by atoms with Gasteiger partial charge in [0.15, 0.2) is 0 Å². The zero-order valence-corrected chi connectivity index (χ0v) is 20.9. The first-order chi connectivity index (χ1) is 16.2. The maximum atomic E-state index is 12.7. The predicted molar refractivity (Wildman–Crippen MR) is 143 cm³/mol. The fraction of sp³-hybridized carbons (Fsp3) is 0.154. The van der Waals surface area contributed by atoms with Gasteiger partial charge in [-0.1, -0.05) is 42.8 Å². The Labute approximate surface area is 212 Å². The van der Waals surface area contributed by atoms with E-state index in [2.05, 4.69) is 33.2 Å². The number of para-hydroxylation sites is 2. The van der Waals surface area contributed by atoms with Crippen molar-refractivity contribution in [1.29, 1.82) is 0 Å². The second-order valence-corrected chi connectivity index (χ2v) is 9.06. The second-order valence-electron chi connectivity index (χ2n) is 7.81. The maximum Gasteiger partial charge on any atom is 0.412 e. The van der Waals surface area contributed by atoms with E-state index in [9.17, 15) is 14.7 Å². The molecule has 3 aromatic carbocycles. The topological polar surface area (TPSA) is 114 Å². The smallest absolute Gasteiger partial charge is 0.412 e. The SMILES string of the molecule is Cc1ccc(NC(=O)O[C@@H](c2cc(I)ccc2O)[C@@H](C)/C=C/C(=O)Nc2ccccc2N)cc1. The van der Waals surface area contributed by atoms with Crippen molar-refractivity contribution in [3.63, 3.8) is 0 Å². The highest BCUT2D eigenvalue weighted by Gasteiger charge is 2.25. The third-order valence-electron chi connectivity index (χ3n) is 5.08. The van der Waals surface area contributed by atoms with Crippen molar-refractivity contribution in [2.24, 2.45) is 5.92 Å². The summed E-state index contributed by atoms with van der Waals surface area (Å²) >= 11 is 2.12. The number of anilines is 3. The minimum atomic E-state index is -0.842. The number of nitrogens with two attached hydrogens (primary N) is 1. The van der Waals surface area contributed by atoms with E-state index in [1.807, 2.05) is 19.1 Å². The molecular weight excluding hydrogens is 545 g/mol. The molecule has 34 heavy (non-hydrogen) atoms. The lowest BCUT2D eigenvalue weighted by Gasteiger charge is -2.24. The van der Waals surface area contributed by atoms with Crippen LogP contribution in [0.4, 0.5) is 21.9 Å². The molecule has 0 unspecified atom stereocenters. The van der Waals surface area contributed by atoms with Crippen LogP contribution in [0.3, 0.4) is 0 Å². The van der Waals surface area contributed by atoms with Crippen LogP contribution in [-0.2, 0) is 9.53 Å². The molecular formula is C26H26IN3O4. The molecule has 2 amide bonds. The van der Waals surface area contributed by atoms with Crippen LogP contribution in [0.25, 0.3) is 0 Å². The van der Waals surface area contributed by atoms with Gasteiger partial charge in [0.1, 0.15) is 11.9 Å². The summed E-state index contributed by atoms with van der Waals surface area (Å²) in [5.41, 5.74) is 8.93. The Morgan fingerprint density at radius 1 is 1.06 bits per heavy atom. The first-order valence-corrected chi connectivity index (χ1v) is 11.7. The Morgan fingerprint density at radius 2 is 1.76 bits per heavy atom. The molecule has 0 radical (unpaired) electrons. The van der Waals surface area contributed by atoms with Gasteiger partial charge in [0.2, 0.25) is 5.91 Å². The highest BCUT2D eigenvalue weighted by molar-refractivity contribution is 14.1. The average Bonchev–Trinajstić information content (AvgIpc) is 2.80. The van der Waals surface area contributed by atoms with E-state index >= 15 is 0 Å². The molecule has 0 fully saturated rings. The highest BCUT2D eigenvalue weighted by atomic mass is 127. The number of benzene rings is 3. The molecule has 3 rings (SSSR count). The normalized spacial score (nSPS) is 12.7. The molecule has 0 saturated heterocycles. The Morgan fingerprint density at radius 3 is 2.47 bits per heavy atom. The number of hydrogen-bond donors (Lipinski definition) is 4. The van der Waals surface area contributed by atoms with Crippen LogP contribution >= 0.6 is 22.6 Å². The Hall–Kier alpha value is -3.53. The zero-order valence-electron chi connectivity index (χ0n) is 18.8. The Kier molecular flexibility index (Phi) is 8.53. The lowest BCUT2D eigenvalue weighted by molar-refractivity contribution is -0.111. The van der Waals surface area contributed by atoms with Crippen LogP contribution in [0, 0.1) is 16.4 Å². The number of nitrogen functional groups attached to an aromatic ring is 1. The van der Waals surface area contributed by atoms with Crippen molar-refractivity contribution in [3.05, 3.63) is 93.6 Å². The summed E-state index contributed by atoms with van der Waals surface area (Å²) in [6, 6.07) is 19.3. The predicted octanol–water partition coefficient (Wildman–Crippen LogP) is 6.01. The molecule has 8 heteroatoms. The van der Waals surface area contributed by atoms with Crippen molar-refractivity contribution in [1.82, 2.24) is 0 Å². The minimum Gasteiger partial charge on any atom is -0.508 e. The Balaban J connectivity index is 1.78. The summed E-state index contributed by atoms with van der Waals surface area (Å²) in [5.74, 6) is -0.818. The average molecular weight is 571 g/mol. The van der Waals surface area contributed by atoms with Gasteiger partial charge in [-0.15, -0.1) is 0 Å². The van der Waals surface area contributed by atoms with Crippen molar-refractivity contribution in [2.75, 3.05) is 16.4 Å². The van der Waals surface area contributed by atoms with E-state index in [-0.39, 0.29) is 11.7 Å². The molecule has 7 nitrogen and oxygen atoms in total. The molecule has 2 atom stereocenters. The first kappa shape index (κ1) is 25.1. The summed E-state index contributed by atoms with van der Waals surface area (Å²) in [6.45, 7) is 3.75. The van der Waals surface area contributed by atoms with Gasteiger partial charge in [0.25, 0.3) is 0 Å². The van der Waals surface area contributed by atoms with E-state index < -0.39 is 18.1 Å². The highest BCUT2D eigenvalue weighted by Crippen LogP contribution is 2.35. The molecule has 0 saturated carbocycles. The molecule has 0 aliphatic rings. The van der Waals surface area contributed by atoms with Crippen LogP contribution in [0.2, 0.25) is 0 Å². The quantitative estimate of drug-likeness (QED) is 0.158. The van der Waals surface area contributed by atoms with Gasteiger partial charge in [-0.3, -0.25) is 10.1 Å². The van der Waals surface area contributed by atoms with Gasteiger partial charge >= 0.3 is 6.09 Å². The zero-order chi connectivity index (χ0) is 24.7. The largest absolute Gasteiger partial charge is 0.508 e. The van der Waals surface area contributed by atoms with Crippen molar-refractivity contribution in [3.8, 4) is 5.75 Å². The van der Waals surface area contributed by atoms with Crippen LogP contribution < -0.4 is 16.4 Å². The number of hydrogen-bond acceptors (Lipinski definition) is 5. The van der Waals surface area contributed by atoms with Gasteiger partial charge in [0, 0.05) is 20.7 Å². The van der Waals surface area contributed by atoms with Gasteiger partial charge in [0.05, 0.1) is 11.4 Å². The fourth-order valence-corrected chi connectivity index (χ4v) is 3.75. The number of carbonyl (C=O) groups is 2. The summed E-state index contributed by atoms with van der Waals surface area (Å²) < 4.78 is 6.59. The molecule has 0 heterocycles. The van der Waals surface area contributed by atoms with Gasteiger partial charge in [-0.25, -0.2) is 4.79 Å². The third kappa shape index (κ3) is 6.98. The van der Waals surface area contributed by atoms with Crippen LogP contribution in [-0.4, -0.2) is 17.1 Å². The monoisotopic (exact) mass is 571 g/mol. The number of amides is 2. The van der Waals surface area contributed by atoms with E-state index in [0.29, 0.717) is 22.6 Å². The molecule has 0 aromatic heterocycles. The van der Waals surface area contributed by atoms with Gasteiger partial charge in [-0.2, -0.15) is 0 Å². The summed E-state index contributed by atoms with van der Waals surface area (Å²) in [6.07, 6.45) is 1.47. The number of halogens is 1. The standard InChI is InChI=1S/C26H26IN3O4/c1-16-7-11-19(12-8-16)29-26(33)34-25(20-15-18(27)10-13-23(20)31)17(2)9-14-24(32)30-22-6-4-3-5-21(22)28/h3-15,17,25,31H,28H2,1-2H3,(H,29,33)(H,30,32)/b14-9+/t17-,25+/m0/s1. The fourth-order valence-electron chi connectivity index (χ4n) is 3.23. The van der Waals surface area contributed by atoms with E-state index in [4.69, 9.17) is 10.5 Å². The van der Waals surface area contributed by atoms with E-state index in [1.165, 1.54) is 6.08 Å². The van der Waals surface area contributed by atoms with Crippen molar-refractivity contribution < 1.29 is 19.4 Å². The van der Waals surface area contributed by atoms with Crippen molar-refractivity contribution >= 4 is 51.7 Å². The first-order valence-electron chi connectivity index (χ1n) is 10.6. The minimum absolute atomic E-state index is 0.00434. The number of nitrogens with one attached hydrogen (secondary N) is 2. The molecule has 0 aliphatic heterocycles. The lowest BCUT2D eigenvalue weighted by atomic mass is 9.96. The number of carbonyl (C=O) groups excluding carboxylic acids is 2. The summed E-state index contributed by atoms with van der Waals surface area (Å²) in [5, 5.41) is 15.9. The molecule has 0 spiro atoms. The molecule has 5 N–H and O–H groups in total. The van der Waals surface area contributed by atoms with Gasteiger partial charge in [-0.05, 0) is 78.1 Å². The van der Waals surface area contributed by atoms with Crippen LogP contribution in [0.1, 0.15) is 24.2 Å². The second kappa shape index (κ2) is 11.6. The number of rotatable bonds is 7. The van der Waals surface area contributed by atoms with Crippen LogP contribution in [0.15, 0.2) is 78.9 Å². The number of phenolic OH excluding ortho intramolecular Hbond substituents is 1. The van der Waals surface area contributed by atoms with Crippen LogP contribution in [0.5, 0.6) is 5.75 Å². The molecule has 176 valence electrons. The number of ether oxygens (including phenoxy) is 1. The van der Waals surface area contributed by atoms with E-state index in [0.717, 1.165) is 9.13 Å². The molecule has 0 aliphatic carbocycles. The number of aromatic hydroxyl groups is 1. The molecule has 0 bridgehead atoms. The Bertz CT molecular complexity index is 1190. The lowest BCUT2D eigenvalue weighted by Crippen LogP contribution is -2.21. The third-order valence-corrected chi connectivity index (χ3v) is 5.75. The maximum absolute atomic E-state index is 12.7. The number of phenols is 1. The number of aryl methyl sites for hydroxylation is 1. The van der Waals surface area contributed by atoms with E-state index in [1.54, 1.807) is 67.6 Å². The van der Waals surface area contributed by atoms with Crippen molar-refractivity contribution in [2.45, 2.75) is 20.0 Å².